The molecule has 2 heterocycles. The zero-order chi connectivity index (χ0) is 21.5. The highest BCUT2D eigenvalue weighted by Crippen LogP contribution is 2.55. The molecule has 2 N–H and O–H groups in total. The lowest BCUT2D eigenvalue weighted by Gasteiger charge is -2.21. The minimum absolute atomic E-state index is 0.0862. The summed E-state index contributed by atoms with van der Waals surface area (Å²) in [7, 11) is -1.56. The standard InChI is InChI=1S/C24H28N2O4S/c1-2-26-10-9-15(13-26)11-16-5-3-4-6-21(16)31(29)25-20-8-7-18-19-12-17(19)14-30-23(18)22(20)24(27)28/h3-8,15,17,19,25H,2,9-14H2,1H3,(H,27,28)/t15-,17-,19-,31?/m0/s1. The Labute approximate surface area is 185 Å². The van der Waals surface area contributed by atoms with Gasteiger partial charge >= 0.3 is 5.97 Å². The number of nitrogens with one attached hydrogen (secondary N) is 1. The number of carboxylic acids is 1. The van der Waals surface area contributed by atoms with Gasteiger partial charge in [-0.1, -0.05) is 31.2 Å². The Hall–Kier alpha value is -2.38. The zero-order valence-electron chi connectivity index (χ0n) is 17.7. The molecule has 2 aromatic rings. The molecule has 2 fully saturated rings. The number of aromatic carboxylic acids is 1. The summed E-state index contributed by atoms with van der Waals surface area (Å²) in [6.45, 7) is 5.98. The highest BCUT2D eigenvalue weighted by molar-refractivity contribution is 7.86. The van der Waals surface area contributed by atoms with Gasteiger partial charge in [0.1, 0.15) is 11.3 Å². The van der Waals surface area contributed by atoms with Crippen molar-refractivity contribution in [3.05, 3.63) is 53.1 Å². The fourth-order valence-corrected chi connectivity index (χ4v) is 6.10. The molecule has 4 atom stereocenters. The molecule has 0 bridgehead atoms. The van der Waals surface area contributed by atoms with Crippen molar-refractivity contribution in [1.82, 2.24) is 4.90 Å². The minimum atomic E-state index is -1.56. The van der Waals surface area contributed by atoms with Crippen molar-refractivity contribution in [2.24, 2.45) is 11.8 Å². The maximum absolute atomic E-state index is 13.3. The molecule has 2 aliphatic heterocycles. The Bertz CT molecular complexity index is 1040. The number of ether oxygens (including phenoxy) is 1. The first-order chi connectivity index (χ1) is 15.0. The van der Waals surface area contributed by atoms with Crippen LogP contribution in [0, 0.1) is 11.8 Å². The monoisotopic (exact) mass is 440 g/mol. The highest BCUT2D eigenvalue weighted by atomic mass is 32.2. The maximum Gasteiger partial charge on any atom is 0.341 e. The molecular weight excluding hydrogens is 412 g/mol. The van der Waals surface area contributed by atoms with Gasteiger partial charge in [0.25, 0.3) is 0 Å². The van der Waals surface area contributed by atoms with E-state index in [0.29, 0.717) is 35.8 Å². The molecule has 0 radical (unpaired) electrons. The highest BCUT2D eigenvalue weighted by Gasteiger charge is 2.45. The summed E-state index contributed by atoms with van der Waals surface area (Å²) < 4.78 is 22.1. The second-order valence-corrected chi connectivity index (χ2v) is 10.0. The van der Waals surface area contributed by atoms with Crippen LogP contribution in [0.4, 0.5) is 5.69 Å². The van der Waals surface area contributed by atoms with Crippen molar-refractivity contribution in [1.29, 1.82) is 0 Å². The first-order valence-corrected chi connectivity index (χ1v) is 12.2. The summed E-state index contributed by atoms with van der Waals surface area (Å²) >= 11 is 0. The van der Waals surface area contributed by atoms with E-state index in [9.17, 15) is 14.1 Å². The van der Waals surface area contributed by atoms with E-state index in [0.717, 1.165) is 54.9 Å². The summed E-state index contributed by atoms with van der Waals surface area (Å²) in [5.41, 5.74) is 2.45. The Morgan fingerprint density at radius 1 is 1.29 bits per heavy atom. The van der Waals surface area contributed by atoms with Crippen molar-refractivity contribution in [2.75, 3.05) is 31.0 Å². The van der Waals surface area contributed by atoms with Crippen LogP contribution in [0.1, 0.15) is 47.2 Å². The van der Waals surface area contributed by atoms with Gasteiger partial charge in [-0.2, -0.15) is 0 Å². The fraction of sp³-hybridized carbons (Fsp3) is 0.458. The Balaban J connectivity index is 1.39. The summed E-state index contributed by atoms with van der Waals surface area (Å²) in [5, 5.41) is 9.87. The number of rotatable bonds is 7. The smallest absolute Gasteiger partial charge is 0.341 e. The first-order valence-electron chi connectivity index (χ1n) is 11.1. The second kappa shape index (κ2) is 8.28. The second-order valence-electron chi connectivity index (χ2n) is 8.86. The average molecular weight is 441 g/mol. The van der Waals surface area contributed by atoms with Crippen LogP contribution in [0.2, 0.25) is 0 Å². The van der Waals surface area contributed by atoms with Crippen LogP contribution >= 0.6 is 0 Å². The molecule has 0 spiro atoms. The SMILES string of the molecule is CCN1CC[C@@H](Cc2ccccc2S(=O)Nc2ccc3c(c2C(=O)O)OC[C@@H]2C[C@H]32)C1. The molecule has 0 amide bonds. The lowest BCUT2D eigenvalue weighted by Crippen LogP contribution is -2.20. The van der Waals surface area contributed by atoms with E-state index in [1.165, 1.54) is 0 Å². The number of hydrogen-bond donors (Lipinski definition) is 2. The summed E-state index contributed by atoms with van der Waals surface area (Å²) in [5.74, 6) is 0.835. The van der Waals surface area contributed by atoms with Gasteiger partial charge in [0.2, 0.25) is 0 Å². The van der Waals surface area contributed by atoms with Gasteiger partial charge in [-0.25, -0.2) is 9.00 Å². The third-order valence-corrected chi connectivity index (χ3v) is 8.07. The zero-order valence-corrected chi connectivity index (χ0v) is 18.5. The Morgan fingerprint density at radius 2 is 2.13 bits per heavy atom. The maximum atomic E-state index is 13.3. The molecule has 31 heavy (non-hydrogen) atoms. The topological polar surface area (TPSA) is 78.9 Å². The van der Waals surface area contributed by atoms with Crippen LogP contribution in [0.25, 0.3) is 0 Å². The lowest BCUT2D eigenvalue weighted by atomic mass is 9.99. The lowest BCUT2D eigenvalue weighted by molar-refractivity contribution is 0.0692. The van der Waals surface area contributed by atoms with E-state index in [4.69, 9.17) is 4.74 Å². The van der Waals surface area contributed by atoms with Crippen molar-refractivity contribution < 1.29 is 18.8 Å². The van der Waals surface area contributed by atoms with Crippen molar-refractivity contribution >= 4 is 22.6 Å². The van der Waals surface area contributed by atoms with E-state index >= 15 is 0 Å². The van der Waals surface area contributed by atoms with Crippen molar-refractivity contribution in [3.63, 3.8) is 0 Å². The fourth-order valence-electron chi connectivity index (χ4n) is 5.03. The molecule has 5 rings (SSSR count). The van der Waals surface area contributed by atoms with Crippen LogP contribution in [-0.2, 0) is 17.4 Å². The molecule has 164 valence electrons. The molecular formula is C24H28N2O4S. The minimum Gasteiger partial charge on any atom is -0.492 e. The molecule has 1 aliphatic carbocycles. The number of nitrogens with zero attached hydrogens (tertiary/aromatic N) is 1. The molecule has 6 nitrogen and oxygen atoms in total. The van der Waals surface area contributed by atoms with Gasteiger partial charge < -0.3 is 19.5 Å². The van der Waals surface area contributed by atoms with Crippen LogP contribution in [0.3, 0.4) is 0 Å². The van der Waals surface area contributed by atoms with Gasteiger partial charge in [-0.05, 0) is 67.4 Å². The van der Waals surface area contributed by atoms with E-state index in [-0.39, 0.29) is 5.56 Å². The normalized spacial score (nSPS) is 25.3. The van der Waals surface area contributed by atoms with Gasteiger partial charge in [0.15, 0.2) is 11.0 Å². The Morgan fingerprint density at radius 3 is 2.90 bits per heavy atom. The van der Waals surface area contributed by atoms with Gasteiger partial charge in [0, 0.05) is 12.5 Å². The van der Waals surface area contributed by atoms with E-state index in [1.54, 1.807) is 6.07 Å². The van der Waals surface area contributed by atoms with Gasteiger partial charge in [-0.3, -0.25) is 0 Å². The third kappa shape index (κ3) is 3.96. The molecule has 7 heteroatoms. The summed E-state index contributed by atoms with van der Waals surface area (Å²) in [4.78, 5) is 15.2. The number of anilines is 1. The van der Waals surface area contributed by atoms with Gasteiger partial charge in [-0.15, -0.1) is 0 Å². The number of fused-ring (bicyclic) bond motifs is 3. The Kier molecular flexibility index (Phi) is 5.48. The predicted molar refractivity (Wildman–Crippen MR) is 120 cm³/mol. The molecule has 1 saturated carbocycles. The quantitative estimate of drug-likeness (QED) is 0.683. The number of carboxylic acid groups (broad SMARTS) is 1. The van der Waals surface area contributed by atoms with E-state index in [1.807, 2.05) is 30.3 Å². The predicted octanol–water partition coefficient (Wildman–Crippen LogP) is 3.90. The first kappa shape index (κ1) is 20.5. The summed E-state index contributed by atoms with van der Waals surface area (Å²) in [6.07, 6.45) is 3.08. The molecule has 0 aromatic heterocycles. The third-order valence-electron chi connectivity index (χ3n) is 6.87. The van der Waals surface area contributed by atoms with E-state index < -0.39 is 17.0 Å². The van der Waals surface area contributed by atoms with Crippen LogP contribution in [0.15, 0.2) is 41.3 Å². The average Bonchev–Trinajstić information content (AvgIpc) is 3.43. The van der Waals surface area contributed by atoms with E-state index in [2.05, 4.69) is 16.5 Å². The number of carbonyl (C=O) groups is 1. The number of hydrogen-bond acceptors (Lipinski definition) is 4. The van der Waals surface area contributed by atoms with Crippen LogP contribution < -0.4 is 9.46 Å². The van der Waals surface area contributed by atoms with Crippen LogP contribution in [-0.4, -0.2) is 46.4 Å². The number of likely N-dealkylation sites (tertiary alicyclic amines) is 1. The largest absolute Gasteiger partial charge is 0.492 e. The van der Waals surface area contributed by atoms with Crippen LogP contribution in [0.5, 0.6) is 5.75 Å². The van der Waals surface area contributed by atoms with Crippen molar-refractivity contribution in [2.45, 2.75) is 37.0 Å². The molecule has 1 saturated heterocycles. The molecule has 2 aromatic carbocycles. The molecule has 1 unspecified atom stereocenters. The van der Waals surface area contributed by atoms with Gasteiger partial charge in [0.05, 0.1) is 17.2 Å². The number of benzene rings is 2. The summed E-state index contributed by atoms with van der Waals surface area (Å²) in [6, 6.07) is 11.4. The molecule has 3 aliphatic rings. The van der Waals surface area contributed by atoms with Crippen molar-refractivity contribution in [3.8, 4) is 5.75 Å².